The van der Waals surface area contributed by atoms with E-state index >= 15 is 0 Å². The SMILES string of the molecule is COCCNC1CCC(Nc2cc(-c3ccc(F)c(NCC4(C)CC4)c3)c(Cl)cn2)CC1. The van der Waals surface area contributed by atoms with Crippen molar-refractivity contribution in [1.82, 2.24) is 10.3 Å². The summed E-state index contributed by atoms with van der Waals surface area (Å²) in [7, 11) is 1.73. The van der Waals surface area contributed by atoms with Crippen LogP contribution < -0.4 is 16.0 Å². The van der Waals surface area contributed by atoms with Gasteiger partial charge in [-0.15, -0.1) is 0 Å². The molecule has 0 spiro atoms. The predicted octanol–water partition coefficient (Wildman–Crippen LogP) is 5.71. The first-order valence-corrected chi connectivity index (χ1v) is 12.0. The Bertz CT molecular complexity index is 913. The largest absolute Gasteiger partial charge is 0.383 e. The summed E-state index contributed by atoms with van der Waals surface area (Å²) in [5.41, 5.74) is 2.57. The van der Waals surface area contributed by atoms with E-state index < -0.39 is 0 Å². The average molecular weight is 461 g/mol. The number of pyridine rings is 1. The lowest BCUT2D eigenvalue weighted by Crippen LogP contribution is -2.38. The molecule has 0 bridgehead atoms. The van der Waals surface area contributed by atoms with Crippen LogP contribution in [-0.4, -0.2) is 43.9 Å². The highest BCUT2D eigenvalue weighted by atomic mass is 35.5. The van der Waals surface area contributed by atoms with Gasteiger partial charge in [-0.3, -0.25) is 0 Å². The van der Waals surface area contributed by atoms with Gasteiger partial charge in [-0.05, 0) is 67.7 Å². The highest BCUT2D eigenvalue weighted by molar-refractivity contribution is 6.33. The van der Waals surface area contributed by atoms with Gasteiger partial charge in [-0.25, -0.2) is 9.37 Å². The Morgan fingerprint density at radius 3 is 2.62 bits per heavy atom. The second-order valence-electron chi connectivity index (χ2n) is 9.55. The summed E-state index contributed by atoms with van der Waals surface area (Å²) in [6, 6.07) is 8.06. The molecule has 0 saturated heterocycles. The smallest absolute Gasteiger partial charge is 0.146 e. The molecule has 0 radical (unpaired) electrons. The van der Waals surface area contributed by atoms with E-state index in [2.05, 4.69) is 27.9 Å². The standard InChI is InChI=1S/C25H34ClFN4O/c1-25(9-10-25)16-30-23-13-17(3-8-22(23)27)20-14-24(29-15-21(20)26)31-19-6-4-18(5-7-19)28-11-12-32-2/h3,8,13-15,18-19,28,30H,4-7,9-12,16H2,1-2H3,(H,29,31). The first kappa shape index (κ1) is 23.3. The molecule has 32 heavy (non-hydrogen) atoms. The molecule has 4 rings (SSSR count). The number of hydrogen-bond donors (Lipinski definition) is 3. The molecular formula is C25H34ClFN4O. The number of nitrogens with one attached hydrogen (secondary N) is 3. The highest BCUT2D eigenvalue weighted by Gasteiger charge is 2.36. The lowest BCUT2D eigenvalue weighted by Gasteiger charge is -2.30. The van der Waals surface area contributed by atoms with Gasteiger partial charge in [-0.2, -0.15) is 0 Å². The van der Waals surface area contributed by atoms with Crippen molar-refractivity contribution in [2.75, 3.05) is 37.4 Å². The summed E-state index contributed by atoms with van der Waals surface area (Å²) in [5, 5.41) is 11.0. The lowest BCUT2D eigenvalue weighted by molar-refractivity contribution is 0.191. The van der Waals surface area contributed by atoms with Crippen LogP contribution in [0.1, 0.15) is 45.4 Å². The van der Waals surface area contributed by atoms with Crippen LogP contribution in [0, 0.1) is 11.2 Å². The number of hydrogen-bond acceptors (Lipinski definition) is 5. The molecule has 1 aromatic carbocycles. The zero-order chi connectivity index (χ0) is 22.6. The van der Waals surface area contributed by atoms with Crippen molar-refractivity contribution in [2.24, 2.45) is 5.41 Å². The quantitative estimate of drug-likeness (QED) is 0.396. The Morgan fingerprint density at radius 2 is 1.91 bits per heavy atom. The Morgan fingerprint density at radius 1 is 1.16 bits per heavy atom. The van der Waals surface area contributed by atoms with E-state index in [1.165, 1.54) is 18.9 Å². The van der Waals surface area contributed by atoms with Gasteiger partial charge in [0, 0.05) is 44.0 Å². The highest BCUT2D eigenvalue weighted by Crippen LogP contribution is 2.45. The third-order valence-electron chi connectivity index (χ3n) is 6.76. The summed E-state index contributed by atoms with van der Waals surface area (Å²) in [6.45, 7) is 4.65. The van der Waals surface area contributed by atoms with Crippen molar-refractivity contribution < 1.29 is 9.13 Å². The maximum atomic E-state index is 14.4. The Kier molecular flexibility index (Phi) is 7.54. The number of halogens is 2. The second-order valence-corrected chi connectivity index (χ2v) is 9.96. The van der Waals surface area contributed by atoms with Crippen LogP contribution in [0.5, 0.6) is 0 Å². The third kappa shape index (κ3) is 6.12. The Hall–Kier alpha value is -1.89. The molecule has 1 heterocycles. The van der Waals surface area contributed by atoms with Crippen molar-refractivity contribution in [3.8, 4) is 11.1 Å². The molecule has 2 aliphatic rings. The first-order valence-electron chi connectivity index (χ1n) is 11.6. The van der Waals surface area contributed by atoms with Crippen molar-refractivity contribution >= 4 is 23.1 Å². The Balaban J connectivity index is 1.40. The van der Waals surface area contributed by atoms with E-state index in [0.717, 1.165) is 62.3 Å². The van der Waals surface area contributed by atoms with Crippen LogP contribution in [0.15, 0.2) is 30.5 Å². The summed E-state index contributed by atoms with van der Waals surface area (Å²) in [6.07, 6.45) is 8.51. The van der Waals surface area contributed by atoms with E-state index in [9.17, 15) is 4.39 Å². The first-order chi connectivity index (χ1) is 15.5. The van der Waals surface area contributed by atoms with Crippen molar-refractivity contribution in [2.45, 2.75) is 57.5 Å². The van der Waals surface area contributed by atoms with Gasteiger partial charge in [0.25, 0.3) is 0 Å². The monoisotopic (exact) mass is 460 g/mol. The summed E-state index contributed by atoms with van der Waals surface area (Å²) in [5.74, 6) is 0.571. The minimum atomic E-state index is -0.239. The molecule has 5 nitrogen and oxygen atoms in total. The lowest BCUT2D eigenvalue weighted by atomic mass is 9.91. The zero-order valence-corrected chi connectivity index (χ0v) is 19.8. The molecule has 2 fully saturated rings. The number of rotatable bonds is 10. The van der Waals surface area contributed by atoms with Crippen LogP contribution in [0.25, 0.3) is 11.1 Å². The normalized spacial score (nSPS) is 21.9. The van der Waals surface area contributed by atoms with Crippen molar-refractivity contribution in [1.29, 1.82) is 0 Å². The minimum absolute atomic E-state index is 0.239. The van der Waals surface area contributed by atoms with Gasteiger partial charge >= 0.3 is 0 Å². The fourth-order valence-corrected chi connectivity index (χ4v) is 4.49. The fraction of sp³-hybridized carbons (Fsp3) is 0.560. The van der Waals surface area contributed by atoms with Gasteiger partial charge in [0.2, 0.25) is 0 Å². The molecule has 2 aromatic rings. The minimum Gasteiger partial charge on any atom is -0.383 e. The van der Waals surface area contributed by atoms with E-state index in [1.54, 1.807) is 19.4 Å². The number of methoxy groups -OCH3 is 1. The maximum absolute atomic E-state index is 14.4. The molecule has 1 aromatic heterocycles. The Labute approximate surface area is 195 Å². The average Bonchev–Trinajstić information content (AvgIpc) is 3.53. The van der Waals surface area contributed by atoms with E-state index in [4.69, 9.17) is 16.3 Å². The van der Waals surface area contributed by atoms with Crippen LogP contribution in [0.2, 0.25) is 5.02 Å². The molecule has 2 aliphatic carbocycles. The van der Waals surface area contributed by atoms with Crippen molar-refractivity contribution in [3.05, 3.63) is 41.3 Å². The number of aromatic nitrogens is 1. The molecule has 0 unspecified atom stereocenters. The van der Waals surface area contributed by atoms with Crippen molar-refractivity contribution in [3.63, 3.8) is 0 Å². The summed E-state index contributed by atoms with van der Waals surface area (Å²) >= 11 is 6.48. The molecular weight excluding hydrogens is 427 g/mol. The second kappa shape index (κ2) is 10.4. The van der Waals surface area contributed by atoms with Gasteiger partial charge in [0.1, 0.15) is 11.6 Å². The van der Waals surface area contributed by atoms with Gasteiger partial charge in [0.05, 0.1) is 17.3 Å². The van der Waals surface area contributed by atoms with E-state index in [1.807, 2.05) is 12.1 Å². The van der Waals surface area contributed by atoms with Gasteiger partial charge < -0.3 is 20.7 Å². The van der Waals surface area contributed by atoms with Crippen LogP contribution in [0.3, 0.4) is 0 Å². The van der Waals surface area contributed by atoms with E-state index in [-0.39, 0.29) is 5.82 Å². The van der Waals surface area contributed by atoms with Crippen LogP contribution in [0.4, 0.5) is 15.9 Å². The third-order valence-corrected chi connectivity index (χ3v) is 7.06. The summed E-state index contributed by atoms with van der Waals surface area (Å²) < 4.78 is 19.5. The molecule has 2 saturated carbocycles. The number of anilines is 2. The van der Waals surface area contributed by atoms with E-state index in [0.29, 0.717) is 28.2 Å². The number of ether oxygens (including phenoxy) is 1. The van der Waals surface area contributed by atoms with Crippen LogP contribution >= 0.6 is 11.6 Å². The van der Waals surface area contributed by atoms with Gasteiger partial charge in [0.15, 0.2) is 0 Å². The fourth-order valence-electron chi connectivity index (χ4n) is 4.28. The molecule has 3 N–H and O–H groups in total. The van der Waals surface area contributed by atoms with Gasteiger partial charge in [-0.1, -0.05) is 24.6 Å². The molecule has 0 atom stereocenters. The molecule has 174 valence electrons. The number of benzene rings is 1. The predicted molar refractivity (Wildman–Crippen MR) is 130 cm³/mol. The molecule has 0 amide bonds. The topological polar surface area (TPSA) is 58.2 Å². The molecule has 7 heteroatoms. The van der Waals surface area contributed by atoms with Crippen LogP contribution in [-0.2, 0) is 4.74 Å². The zero-order valence-electron chi connectivity index (χ0n) is 19.0. The number of nitrogens with zero attached hydrogens (tertiary/aromatic N) is 1. The summed E-state index contributed by atoms with van der Waals surface area (Å²) in [4.78, 5) is 4.49. The maximum Gasteiger partial charge on any atom is 0.146 e. The molecule has 0 aliphatic heterocycles.